The van der Waals surface area contributed by atoms with Gasteiger partial charge in [-0.25, -0.2) is 4.79 Å². The number of esters is 1. The van der Waals surface area contributed by atoms with Gasteiger partial charge in [0.05, 0.1) is 19.8 Å². The first-order valence-electron chi connectivity index (χ1n) is 8.52. The van der Waals surface area contributed by atoms with Crippen molar-refractivity contribution in [3.05, 3.63) is 59.8 Å². The van der Waals surface area contributed by atoms with E-state index in [0.717, 1.165) is 17.0 Å². The Morgan fingerprint density at radius 1 is 1.32 bits per heavy atom. The monoisotopic (exact) mass is 340 g/mol. The highest BCUT2D eigenvalue weighted by atomic mass is 16.5. The van der Waals surface area contributed by atoms with Crippen molar-refractivity contribution >= 4 is 11.7 Å². The number of hydrogen-bond acceptors (Lipinski definition) is 5. The molecule has 2 unspecified atom stereocenters. The van der Waals surface area contributed by atoms with E-state index < -0.39 is 6.04 Å². The Balaban J connectivity index is 1.84. The van der Waals surface area contributed by atoms with Gasteiger partial charge in [-0.3, -0.25) is 0 Å². The summed E-state index contributed by atoms with van der Waals surface area (Å²) in [6, 6.07) is 7.17. The maximum absolute atomic E-state index is 12.6. The van der Waals surface area contributed by atoms with Crippen LogP contribution in [0.25, 0.3) is 0 Å². The molecular formula is C20H24N2O3. The van der Waals surface area contributed by atoms with Gasteiger partial charge >= 0.3 is 5.97 Å². The van der Waals surface area contributed by atoms with Crippen molar-refractivity contribution < 1.29 is 14.3 Å². The van der Waals surface area contributed by atoms with Crippen LogP contribution >= 0.6 is 0 Å². The van der Waals surface area contributed by atoms with E-state index in [1.165, 1.54) is 5.57 Å². The minimum atomic E-state index is -0.536. The van der Waals surface area contributed by atoms with Crippen molar-refractivity contribution in [3.63, 3.8) is 0 Å². The number of ether oxygens (including phenoxy) is 2. The maximum Gasteiger partial charge on any atom is 0.332 e. The summed E-state index contributed by atoms with van der Waals surface area (Å²) in [6.45, 7) is 4.24. The summed E-state index contributed by atoms with van der Waals surface area (Å²) in [5, 5.41) is 6.66. The summed E-state index contributed by atoms with van der Waals surface area (Å²) in [7, 11) is 1.63. The summed E-state index contributed by atoms with van der Waals surface area (Å²) in [5.41, 5.74) is 3.03. The van der Waals surface area contributed by atoms with Crippen LogP contribution in [0.1, 0.15) is 13.8 Å². The summed E-state index contributed by atoms with van der Waals surface area (Å²) in [6.07, 6.45) is 8.37. The quantitative estimate of drug-likeness (QED) is 0.780. The van der Waals surface area contributed by atoms with E-state index in [-0.39, 0.29) is 17.9 Å². The topological polar surface area (TPSA) is 59.6 Å². The van der Waals surface area contributed by atoms with Crippen molar-refractivity contribution in [2.75, 3.05) is 19.0 Å². The van der Waals surface area contributed by atoms with E-state index in [1.807, 2.05) is 37.4 Å². The fourth-order valence-electron chi connectivity index (χ4n) is 3.20. The number of carbonyl (C=O) groups excluding carboxylic acids is 1. The van der Waals surface area contributed by atoms with Crippen LogP contribution in [-0.4, -0.2) is 31.8 Å². The predicted molar refractivity (Wildman–Crippen MR) is 98.4 cm³/mol. The van der Waals surface area contributed by atoms with Crippen molar-refractivity contribution in [1.29, 1.82) is 0 Å². The van der Waals surface area contributed by atoms with E-state index in [1.54, 1.807) is 7.11 Å². The van der Waals surface area contributed by atoms with Crippen LogP contribution in [0.3, 0.4) is 0 Å². The Bertz CT molecular complexity index is 719. The van der Waals surface area contributed by atoms with Crippen molar-refractivity contribution in [2.45, 2.75) is 25.9 Å². The van der Waals surface area contributed by atoms with Gasteiger partial charge in [0.25, 0.3) is 0 Å². The molecule has 132 valence electrons. The molecule has 0 aromatic heterocycles. The third-order valence-corrected chi connectivity index (χ3v) is 4.48. The maximum atomic E-state index is 12.6. The fourth-order valence-corrected chi connectivity index (χ4v) is 3.20. The van der Waals surface area contributed by atoms with Crippen molar-refractivity contribution in [2.24, 2.45) is 5.92 Å². The molecule has 1 aliphatic carbocycles. The molecular weight excluding hydrogens is 316 g/mol. The molecule has 0 saturated carbocycles. The molecule has 2 N–H and O–H groups in total. The van der Waals surface area contributed by atoms with Crippen LogP contribution < -0.4 is 15.4 Å². The molecule has 1 aromatic rings. The number of nitrogens with one attached hydrogen (secondary N) is 2. The van der Waals surface area contributed by atoms with E-state index in [4.69, 9.17) is 9.47 Å². The number of methoxy groups -OCH3 is 1. The molecule has 1 heterocycles. The summed E-state index contributed by atoms with van der Waals surface area (Å²) in [5.74, 6) is 0.647. The zero-order chi connectivity index (χ0) is 17.8. The number of allylic oxidation sites excluding steroid dienone is 2. The standard InChI is InChI=1S/C20H24N2O3/c1-4-25-20(23)19(22-14-6-8-15(24-3)9-7-14)17-12-21-18-10-5-13(2)11-16(17)18/h5-12,16,18-19,21-22H,4H2,1-3H3/t16?,18?,19-/m1/s1. The molecule has 0 amide bonds. The molecule has 5 heteroatoms. The highest BCUT2D eigenvalue weighted by Crippen LogP contribution is 2.32. The van der Waals surface area contributed by atoms with E-state index in [0.29, 0.717) is 6.61 Å². The third-order valence-electron chi connectivity index (χ3n) is 4.48. The molecule has 5 nitrogen and oxygen atoms in total. The minimum absolute atomic E-state index is 0.144. The number of fused-ring (bicyclic) bond motifs is 1. The minimum Gasteiger partial charge on any atom is -0.497 e. The lowest BCUT2D eigenvalue weighted by Crippen LogP contribution is -2.37. The summed E-state index contributed by atoms with van der Waals surface area (Å²) < 4.78 is 10.5. The number of rotatable bonds is 6. The molecule has 2 aliphatic rings. The molecule has 0 spiro atoms. The Hall–Kier alpha value is -2.69. The number of carbonyl (C=O) groups is 1. The second-order valence-electron chi connectivity index (χ2n) is 6.19. The lowest BCUT2D eigenvalue weighted by atomic mass is 9.85. The van der Waals surface area contributed by atoms with Gasteiger partial charge in [-0.2, -0.15) is 0 Å². The first kappa shape index (κ1) is 17.1. The smallest absolute Gasteiger partial charge is 0.332 e. The first-order valence-corrected chi connectivity index (χ1v) is 8.52. The van der Waals surface area contributed by atoms with Crippen molar-refractivity contribution in [3.8, 4) is 5.75 Å². The normalized spacial score (nSPS) is 22.2. The Labute approximate surface area is 148 Å². The predicted octanol–water partition coefficient (Wildman–Crippen LogP) is 3.03. The highest BCUT2D eigenvalue weighted by Gasteiger charge is 2.36. The van der Waals surface area contributed by atoms with Crippen LogP contribution in [0, 0.1) is 5.92 Å². The second-order valence-corrected chi connectivity index (χ2v) is 6.19. The highest BCUT2D eigenvalue weighted by molar-refractivity contribution is 5.84. The van der Waals surface area contributed by atoms with Gasteiger partial charge in [-0.05, 0) is 49.9 Å². The summed E-state index contributed by atoms with van der Waals surface area (Å²) in [4.78, 5) is 12.6. The average Bonchev–Trinajstić information content (AvgIpc) is 3.03. The summed E-state index contributed by atoms with van der Waals surface area (Å²) >= 11 is 0. The molecule has 0 fully saturated rings. The molecule has 0 radical (unpaired) electrons. The molecule has 1 aromatic carbocycles. The third kappa shape index (κ3) is 3.71. The molecule has 0 saturated heterocycles. The van der Waals surface area contributed by atoms with Gasteiger partial charge in [-0.1, -0.05) is 23.8 Å². The molecule has 3 atom stereocenters. The van der Waals surface area contributed by atoms with Gasteiger partial charge in [-0.15, -0.1) is 0 Å². The van der Waals surface area contributed by atoms with Crippen molar-refractivity contribution in [1.82, 2.24) is 5.32 Å². The number of anilines is 1. The molecule has 25 heavy (non-hydrogen) atoms. The number of hydrogen-bond donors (Lipinski definition) is 2. The zero-order valence-corrected chi connectivity index (χ0v) is 14.8. The van der Waals surface area contributed by atoms with Gasteiger partial charge in [0, 0.05) is 11.6 Å². The SMILES string of the molecule is CCOC(=O)[C@H](Nc1ccc(OC)cc1)C1=CNC2C=CC(C)=CC12. The Kier molecular flexibility index (Phi) is 5.12. The van der Waals surface area contributed by atoms with E-state index >= 15 is 0 Å². The Morgan fingerprint density at radius 3 is 2.76 bits per heavy atom. The number of benzene rings is 1. The largest absolute Gasteiger partial charge is 0.497 e. The first-order chi connectivity index (χ1) is 12.1. The zero-order valence-electron chi connectivity index (χ0n) is 14.8. The van der Waals surface area contributed by atoms with Crippen LogP contribution in [-0.2, 0) is 9.53 Å². The van der Waals surface area contributed by atoms with Gasteiger partial charge in [0.1, 0.15) is 11.8 Å². The Morgan fingerprint density at radius 2 is 2.08 bits per heavy atom. The van der Waals surface area contributed by atoms with E-state index in [2.05, 4.69) is 35.8 Å². The molecule has 3 rings (SSSR count). The van der Waals surface area contributed by atoms with Crippen LogP contribution in [0.15, 0.2) is 59.8 Å². The average molecular weight is 340 g/mol. The van der Waals surface area contributed by atoms with Crippen LogP contribution in [0.2, 0.25) is 0 Å². The van der Waals surface area contributed by atoms with Gasteiger partial charge in [0.2, 0.25) is 0 Å². The molecule has 0 bridgehead atoms. The van der Waals surface area contributed by atoms with Gasteiger partial charge < -0.3 is 20.1 Å². The van der Waals surface area contributed by atoms with Crippen LogP contribution in [0.4, 0.5) is 5.69 Å². The lowest BCUT2D eigenvalue weighted by Gasteiger charge is -2.26. The van der Waals surface area contributed by atoms with E-state index in [9.17, 15) is 4.79 Å². The molecule has 1 aliphatic heterocycles. The lowest BCUT2D eigenvalue weighted by molar-refractivity contribution is -0.143. The second kappa shape index (κ2) is 7.47. The van der Waals surface area contributed by atoms with Crippen LogP contribution in [0.5, 0.6) is 5.75 Å². The fraction of sp³-hybridized carbons (Fsp3) is 0.350. The van der Waals surface area contributed by atoms with Gasteiger partial charge in [0.15, 0.2) is 0 Å².